The van der Waals surface area contributed by atoms with Gasteiger partial charge in [-0.25, -0.2) is 0 Å². The summed E-state index contributed by atoms with van der Waals surface area (Å²) < 4.78 is 0. The van der Waals surface area contributed by atoms with Crippen molar-refractivity contribution in [2.24, 2.45) is 0 Å². The van der Waals surface area contributed by atoms with Crippen LogP contribution in [0.25, 0.3) is 0 Å². The van der Waals surface area contributed by atoms with Gasteiger partial charge in [0, 0.05) is 17.0 Å². The second kappa shape index (κ2) is 8.19. The van der Waals surface area contributed by atoms with Crippen LogP contribution in [0.1, 0.15) is 52.9 Å². The minimum absolute atomic E-state index is 0.579. The molecule has 1 saturated carbocycles. The lowest BCUT2D eigenvalue weighted by molar-refractivity contribution is 0.626. The smallest absolute Gasteiger partial charge is 0.0343 e. The van der Waals surface area contributed by atoms with Gasteiger partial charge in [0.25, 0.3) is 0 Å². The van der Waals surface area contributed by atoms with Crippen molar-refractivity contribution < 1.29 is 0 Å². The van der Waals surface area contributed by atoms with Gasteiger partial charge in [-0.2, -0.15) is 11.8 Å². The molecule has 1 N–H and O–H groups in total. The molecule has 1 atom stereocenters. The maximum atomic E-state index is 3.63. The van der Waals surface area contributed by atoms with Crippen molar-refractivity contribution in [3.8, 4) is 0 Å². The molecule has 1 aliphatic rings. The van der Waals surface area contributed by atoms with Gasteiger partial charge in [-0.05, 0) is 39.7 Å². The van der Waals surface area contributed by atoms with Crippen LogP contribution in [0.2, 0.25) is 0 Å². The Balaban J connectivity index is 2.27. The lowest BCUT2D eigenvalue weighted by Crippen LogP contribution is -2.31. The minimum atomic E-state index is 0.579. The van der Waals surface area contributed by atoms with Crippen LogP contribution < -0.4 is 5.32 Å². The molecular weight excluding hydrogens is 214 g/mol. The summed E-state index contributed by atoms with van der Waals surface area (Å²) in [4.78, 5) is 0. The Morgan fingerprint density at radius 3 is 2.62 bits per heavy atom. The standard InChI is InChI=1S/C14H27NS/c1-4-9-15-13(10-12(2)3)11-16-14-7-5-6-8-14/h10,13-15H,4-9,11H2,1-3H3. The molecule has 1 rings (SSSR count). The van der Waals surface area contributed by atoms with Gasteiger partial charge in [-0.15, -0.1) is 0 Å². The van der Waals surface area contributed by atoms with Gasteiger partial charge in [0.2, 0.25) is 0 Å². The van der Waals surface area contributed by atoms with E-state index in [-0.39, 0.29) is 0 Å². The molecular formula is C14H27NS. The molecule has 0 spiro atoms. The number of hydrogen-bond acceptors (Lipinski definition) is 2. The van der Waals surface area contributed by atoms with Crippen molar-refractivity contribution in [3.05, 3.63) is 11.6 Å². The Kier molecular flexibility index (Phi) is 7.22. The molecule has 16 heavy (non-hydrogen) atoms. The summed E-state index contributed by atoms with van der Waals surface area (Å²) in [6, 6.07) is 0.579. The Morgan fingerprint density at radius 1 is 1.38 bits per heavy atom. The van der Waals surface area contributed by atoms with Gasteiger partial charge in [-0.1, -0.05) is 31.4 Å². The number of thioether (sulfide) groups is 1. The fraction of sp³-hybridized carbons (Fsp3) is 0.857. The summed E-state index contributed by atoms with van der Waals surface area (Å²) in [6.07, 6.45) is 9.40. The third kappa shape index (κ3) is 5.95. The van der Waals surface area contributed by atoms with Crippen LogP contribution in [0.5, 0.6) is 0 Å². The zero-order valence-corrected chi connectivity index (χ0v) is 11.9. The fourth-order valence-corrected chi connectivity index (χ4v) is 3.55. The van der Waals surface area contributed by atoms with Crippen molar-refractivity contribution in [1.82, 2.24) is 5.32 Å². The van der Waals surface area contributed by atoms with E-state index in [1.807, 2.05) is 0 Å². The van der Waals surface area contributed by atoms with Crippen molar-refractivity contribution >= 4 is 11.8 Å². The van der Waals surface area contributed by atoms with Crippen LogP contribution in [0.4, 0.5) is 0 Å². The van der Waals surface area contributed by atoms with Gasteiger partial charge < -0.3 is 5.32 Å². The molecule has 1 fully saturated rings. The van der Waals surface area contributed by atoms with Crippen LogP contribution in [-0.4, -0.2) is 23.6 Å². The Morgan fingerprint density at radius 2 is 2.06 bits per heavy atom. The zero-order valence-electron chi connectivity index (χ0n) is 11.1. The van der Waals surface area contributed by atoms with Crippen molar-refractivity contribution in [2.45, 2.75) is 64.2 Å². The number of hydrogen-bond donors (Lipinski definition) is 1. The van der Waals surface area contributed by atoms with E-state index >= 15 is 0 Å². The lowest BCUT2D eigenvalue weighted by Gasteiger charge is -2.17. The first kappa shape index (κ1) is 14.1. The van der Waals surface area contributed by atoms with E-state index in [1.54, 1.807) is 0 Å². The van der Waals surface area contributed by atoms with Crippen LogP contribution in [0.15, 0.2) is 11.6 Å². The number of allylic oxidation sites excluding steroid dienone is 1. The average Bonchev–Trinajstić information content (AvgIpc) is 2.74. The molecule has 1 unspecified atom stereocenters. The predicted octanol–water partition coefficient (Wildman–Crippen LogP) is 4.00. The monoisotopic (exact) mass is 241 g/mol. The molecule has 1 aliphatic carbocycles. The highest BCUT2D eigenvalue weighted by molar-refractivity contribution is 7.99. The average molecular weight is 241 g/mol. The Labute approximate surface area is 105 Å². The highest BCUT2D eigenvalue weighted by Crippen LogP contribution is 2.29. The fourth-order valence-electron chi connectivity index (χ4n) is 2.19. The topological polar surface area (TPSA) is 12.0 Å². The van der Waals surface area contributed by atoms with E-state index in [2.05, 4.69) is 43.9 Å². The van der Waals surface area contributed by atoms with Crippen LogP contribution in [0, 0.1) is 0 Å². The van der Waals surface area contributed by atoms with E-state index in [4.69, 9.17) is 0 Å². The molecule has 0 bridgehead atoms. The first-order valence-corrected chi connectivity index (χ1v) is 7.77. The molecule has 94 valence electrons. The van der Waals surface area contributed by atoms with Crippen molar-refractivity contribution in [1.29, 1.82) is 0 Å². The zero-order chi connectivity index (χ0) is 11.8. The highest BCUT2D eigenvalue weighted by atomic mass is 32.2. The quantitative estimate of drug-likeness (QED) is 0.676. The minimum Gasteiger partial charge on any atom is -0.310 e. The Hall–Kier alpha value is 0.0500. The summed E-state index contributed by atoms with van der Waals surface area (Å²) in [5.41, 5.74) is 1.43. The highest BCUT2D eigenvalue weighted by Gasteiger charge is 2.16. The summed E-state index contributed by atoms with van der Waals surface area (Å²) >= 11 is 2.18. The Bertz CT molecular complexity index is 203. The number of nitrogens with one attached hydrogen (secondary N) is 1. The predicted molar refractivity (Wildman–Crippen MR) is 76.2 cm³/mol. The molecule has 2 heteroatoms. The van der Waals surface area contributed by atoms with Crippen molar-refractivity contribution in [2.75, 3.05) is 12.3 Å². The van der Waals surface area contributed by atoms with Crippen LogP contribution in [0.3, 0.4) is 0 Å². The lowest BCUT2D eigenvalue weighted by atomic mass is 10.2. The third-order valence-electron chi connectivity index (χ3n) is 3.00. The molecule has 0 aromatic carbocycles. The van der Waals surface area contributed by atoms with E-state index in [0.717, 1.165) is 11.8 Å². The number of rotatable bonds is 7. The van der Waals surface area contributed by atoms with Gasteiger partial charge in [0.15, 0.2) is 0 Å². The van der Waals surface area contributed by atoms with E-state index < -0.39 is 0 Å². The summed E-state index contributed by atoms with van der Waals surface area (Å²) in [6.45, 7) is 7.76. The van der Waals surface area contributed by atoms with Crippen molar-refractivity contribution in [3.63, 3.8) is 0 Å². The van der Waals surface area contributed by atoms with E-state index in [1.165, 1.54) is 43.4 Å². The molecule has 0 saturated heterocycles. The second-order valence-electron chi connectivity index (χ2n) is 5.04. The van der Waals surface area contributed by atoms with Gasteiger partial charge in [0.1, 0.15) is 0 Å². The summed E-state index contributed by atoms with van der Waals surface area (Å²) in [5.74, 6) is 1.25. The summed E-state index contributed by atoms with van der Waals surface area (Å²) in [5, 5.41) is 4.57. The normalized spacial score (nSPS) is 18.7. The first-order chi connectivity index (χ1) is 7.72. The molecule has 0 aromatic rings. The second-order valence-corrected chi connectivity index (χ2v) is 6.38. The summed E-state index contributed by atoms with van der Waals surface area (Å²) in [7, 11) is 0. The van der Waals surface area contributed by atoms with E-state index in [9.17, 15) is 0 Å². The molecule has 0 amide bonds. The molecule has 0 aromatic heterocycles. The molecule has 0 radical (unpaired) electrons. The van der Waals surface area contributed by atoms with Gasteiger partial charge in [-0.3, -0.25) is 0 Å². The van der Waals surface area contributed by atoms with Gasteiger partial charge >= 0.3 is 0 Å². The van der Waals surface area contributed by atoms with E-state index in [0.29, 0.717) is 6.04 Å². The molecule has 0 aliphatic heterocycles. The third-order valence-corrected chi connectivity index (χ3v) is 4.50. The molecule has 0 heterocycles. The largest absolute Gasteiger partial charge is 0.310 e. The van der Waals surface area contributed by atoms with Crippen LogP contribution >= 0.6 is 11.8 Å². The maximum absolute atomic E-state index is 3.63. The maximum Gasteiger partial charge on any atom is 0.0343 e. The molecule has 1 nitrogen and oxygen atoms in total. The van der Waals surface area contributed by atoms with Crippen LogP contribution in [-0.2, 0) is 0 Å². The SMILES string of the molecule is CCCNC(C=C(C)C)CSC1CCCC1. The van der Waals surface area contributed by atoms with Gasteiger partial charge in [0.05, 0.1) is 0 Å². The first-order valence-electron chi connectivity index (χ1n) is 6.72.